The van der Waals surface area contributed by atoms with Gasteiger partial charge in [0.25, 0.3) is 0 Å². The molecule has 1 N–H and O–H groups in total. The summed E-state index contributed by atoms with van der Waals surface area (Å²) in [5.74, 6) is 0.634. The third-order valence-corrected chi connectivity index (χ3v) is 2.08. The van der Waals surface area contributed by atoms with Gasteiger partial charge < -0.3 is 5.41 Å². The number of hydrogen-bond donors (Lipinski definition) is 1. The number of hydrogen-bond acceptors (Lipinski definition) is 2. The molecule has 0 rings (SSSR count). The van der Waals surface area contributed by atoms with Crippen molar-refractivity contribution in [3.63, 3.8) is 0 Å². The molecule has 0 saturated heterocycles. The molecule has 0 fully saturated rings. The molecule has 2 heteroatoms. The van der Waals surface area contributed by atoms with Gasteiger partial charge in [-0.3, -0.25) is 4.99 Å². The van der Waals surface area contributed by atoms with Gasteiger partial charge in [0.05, 0.1) is 0 Å². The van der Waals surface area contributed by atoms with Crippen molar-refractivity contribution in [2.24, 2.45) is 10.9 Å². The summed E-state index contributed by atoms with van der Waals surface area (Å²) >= 11 is 0. The summed E-state index contributed by atoms with van der Waals surface area (Å²) in [6.45, 7) is 6.48. The number of nitrogens with one attached hydrogen (secondary N) is 1. The van der Waals surface area contributed by atoms with E-state index in [9.17, 15) is 0 Å². The molecule has 2 nitrogen and oxygen atoms in total. The van der Waals surface area contributed by atoms with Crippen molar-refractivity contribution in [3.8, 4) is 0 Å². The third-order valence-electron chi connectivity index (χ3n) is 2.08. The van der Waals surface area contributed by atoms with Crippen LogP contribution < -0.4 is 0 Å². The zero-order valence-corrected chi connectivity index (χ0v) is 8.12. The van der Waals surface area contributed by atoms with E-state index in [1.165, 1.54) is 6.21 Å². The van der Waals surface area contributed by atoms with Gasteiger partial charge in [-0.05, 0) is 25.0 Å². The van der Waals surface area contributed by atoms with Gasteiger partial charge in [-0.1, -0.05) is 20.3 Å². The zero-order chi connectivity index (χ0) is 9.40. The van der Waals surface area contributed by atoms with Gasteiger partial charge in [0.1, 0.15) is 0 Å². The number of aliphatic imine (C=N–C) groups is 1. The first-order valence-electron chi connectivity index (χ1n) is 4.41. The van der Waals surface area contributed by atoms with E-state index >= 15 is 0 Å². The summed E-state index contributed by atoms with van der Waals surface area (Å²) in [4.78, 5) is 4.32. The summed E-state index contributed by atoms with van der Waals surface area (Å²) in [6.07, 6.45) is 7.62. The molecular formula is C10H18N2. The maximum absolute atomic E-state index is 6.74. The topological polar surface area (TPSA) is 36.2 Å². The van der Waals surface area contributed by atoms with E-state index in [1.54, 1.807) is 18.4 Å². The Morgan fingerprint density at radius 2 is 2.00 bits per heavy atom. The van der Waals surface area contributed by atoms with E-state index in [4.69, 9.17) is 5.41 Å². The van der Waals surface area contributed by atoms with Crippen LogP contribution in [0.25, 0.3) is 0 Å². The summed E-state index contributed by atoms with van der Waals surface area (Å²) in [7, 11) is 0. The maximum atomic E-state index is 6.74. The Bertz CT molecular complexity index is 171. The average molecular weight is 166 g/mol. The molecule has 0 saturated carbocycles. The quantitative estimate of drug-likeness (QED) is 0.610. The van der Waals surface area contributed by atoms with Crippen LogP contribution in [0.3, 0.4) is 0 Å². The predicted molar refractivity (Wildman–Crippen MR) is 55.3 cm³/mol. The zero-order valence-electron chi connectivity index (χ0n) is 8.12. The molecule has 0 bridgehead atoms. The second-order valence-corrected chi connectivity index (χ2v) is 2.98. The smallest absolute Gasteiger partial charge is 0.0496 e. The molecule has 2 unspecified atom stereocenters. The minimum absolute atomic E-state index is 0.380. The molecule has 12 heavy (non-hydrogen) atoms. The highest BCUT2D eigenvalue weighted by Gasteiger charge is 2.05. The molecule has 0 radical (unpaired) electrons. The van der Waals surface area contributed by atoms with Gasteiger partial charge in [0.15, 0.2) is 0 Å². The molecule has 68 valence electrons. The predicted octanol–water partition coefficient (Wildman–Crippen LogP) is 2.70. The first kappa shape index (κ1) is 11.1. The second kappa shape index (κ2) is 6.77. The molecule has 0 spiro atoms. The van der Waals surface area contributed by atoms with Crippen LogP contribution >= 0.6 is 0 Å². The molecule has 0 aromatic rings. The van der Waals surface area contributed by atoms with Crippen LogP contribution in [0.4, 0.5) is 0 Å². The van der Waals surface area contributed by atoms with Crippen molar-refractivity contribution < 1.29 is 0 Å². The lowest BCUT2D eigenvalue weighted by Crippen LogP contribution is -2.09. The minimum atomic E-state index is 0.380. The lowest BCUT2D eigenvalue weighted by atomic mass is 10.0. The Balaban J connectivity index is 3.81. The van der Waals surface area contributed by atoms with E-state index in [0.29, 0.717) is 12.0 Å². The Labute approximate surface area is 74.9 Å². The van der Waals surface area contributed by atoms with Crippen LogP contribution in [0.1, 0.15) is 27.2 Å². The fourth-order valence-corrected chi connectivity index (χ4v) is 0.779. The molecule has 0 aromatic carbocycles. The van der Waals surface area contributed by atoms with Crippen LogP contribution in [0, 0.1) is 11.3 Å². The van der Waals surface area contributed by atoms with Gasteiger partial charge >= 0.3 is 0 Å². The Morgan fingerprint density at radius 3 is 2.50 bits per heavy atom. The Hall–Kier alpha value is -0.920. The molecule has 0 aromatic heterocycles. The fourth-order valence-electron chi connectivity index (χ4n) is 0.779. The largest absolute Gasteiger partial charge is 0.309 e. The summed E-state index contributed by atoms with van der Waals surface area (Å²) in [5.41, 5.74) is 0. The Morgan fingerprint density at radius 1 is 1.33 bits per heavy atom. The molecule has 0 aliphatic heterocycles. The van der Waals surface area contributed by atoms with Crippen molar-refractivity contribution in [2.75, 3.05) is 0 Å². The molecule has 0 aliphatic rings. The van der Waals surface area contributed by atoms with Crippen molar-refractivity contribution in [3.05, 3.63) is 12.2 Å². The molecule has 0 heterocycles. The summed E-state index contributed by atoms with van der Waals surface area (Å²) in [6, 6.07) is 0.380. The second-order valence-electron chi connectivity index (χ2n) is 2.98. The van der Waals surface area contributed by atoms with Crippen molar-refractivity contribution in [2.45, 2.75) is 33.2 Å². The molecule has 0 aliphatic carbocycles. The standard InChI is InChI=1S/C10H18N2/c1-4-9(2)10(3)12-8-6-5-7-11/h5-11H,4H2,1-3H3/b6-5+,11-7?,12-8?. The average Bonchev–Trinajstić information content (AvgIpc) is 2.10. The highest BCUT2D eigenvalue weighted by atomic mass is 14.8. The van der Waals surface area contributed by atoms with Gasteiger partial charge in [0, 0.05) is 18.5 Å². The monoisotopic (exact) mass is 166 g/mol. The SMILES string of the molecule is CCC(C)C(C)N=C/C=C/C=N. The van der Waals surface area contributed by atoms with Gasteiger partial charge in [-0.15, -0.1) is 0 Å². The maximum Gasteiger partial charge on any atom is 0.0496 e. The minimum Gasteiger partial charge on any atom is -0.309 e. The number of rotatable bonds is 5. The van der Waals surface area contributed by atoms with Crippen LogP contribution in [-0.4, -0.2) is 18.5 Å². The van der Waals surface area contributed by atoms with Crippen LogP contribution in [0.5, 0.6) is 0 Å². The summed E-state index contributed by atoms with van der Waals surface area (Å²) < 4.78 is 0. The molecule has 0 amide bonds. The van der Waals surface area contributed by atoms with Crippen LogP contribution in [0.15, 0.2) is 17.1 Å². The van der Waals surface area contributed by atoms with E-state index in [0.717, 1.165) is 6.42 Å². The summed E-state index contributed by atoms with van der Waals surface area (Å²) in [5, 5.41) is 6.74. The van der Waals surface area contributed by atoms with E-state index < -0.39 is 0 Å². The first-order chi connectivity index (χ1) is 5.72. The first-order valence-corrected chi connectivity index (χ1v) is 4.41. The van der Waals surface area contributed by atoms with Gasteiger partial charge in [-0.25, -0.2) is 0 Å². The lowest BCUT2D eigenvalue weighted by Gasteiger charge is -2.12. The van der Waals surface area contributed by atoms with Gasteiger partial charge in [0.2, 0.25) is 0 Å². The van der Waals surface area contributed by atoms with E-state index in [2.05, 4.69) is 25.8 Å². The molecular weight excluding hydrogens is 148 g/mol. The Kier molecular flexibility index (Phi) is 6.25. The number of allylic oxidation sites excluding steroid dienone is 2. The van der Waals surface area contributed by atoms with Gasteiger partial charge in [-0.2, -0.15) is 0 Å². The van der Waals surface area contributed by atoms with E-state index in [-0.39, 0.29) is 0 Å². The van der Waals surface area contributed by atoms with Crippen LogP contribution in [-0.2, 0) is 0 Å². The van der Waals surface area contributed by atoms with Crippen molar-refractivity contribution >= 4 is 12.4 Å². The normalized spacial score (nSPS) is 16.9. The third kappa shape index (κ3) is 4.83. The van der Waals surface area contributed by atoms with E-state index in [1.807, 2.05) is 0 Å². The lowest BCUT2D eigenvalue weighted by molar-refractivity contribution is 0.473. The van der Waals surface area contributed by atoms with Crippen molar-refractivity contribution in [1.82, 2.24) is 0 Å². The van der Waals surface area contributed by atoms with Crippen LogP contribution in [0.2, 0.25) is 0 Å². The molecule has 2 atom stereocenters. The van der Waals surface area contributed by atoms with Crippen molar-refractivity contribution in [1.29, 1.82) is 5.41 Å². The number of nitrogens with zero attached hydrogens (tertiary/aromatic N) is 1. The highest BCUT2D eigenvalue weighted by molar-refractivity contribution is 5.79. The highest BCUT2D eigenvalue weighted by Crippen LogP contribution is 2.09. The fraction of sp³-hybridized carbons (Fsp3) is 0.600.